The third kappa shape index (κ3) is 7.45. The van der Waals surface area contributed by atoms with Crippen LogP contribution < -0.4 is 15.4 Å². The number of rotatable bonds is 6. The van der Waals surface area contributed by atoms with Crippen molar-refractivity contribution in [2.75, 3.05) is 23.7 Å². The maximum Gasteiger partial charge on any atom is 0.410 e. The molecule has 1 aliphatic rings. The molecule has 0 unspecified atom stereocenters. The Kier molecular flexibility index (Phi) is 8.42. The van der Waals surface area contributed by atoms with Gasteiger partial charge in [0.05, 0.1) is 5.52 Å². The molecule has 0 spiro atoms. The standard InChI is InChI=1S/C32H35N5O5/c1-32(2,3)42-31(40)36-16-12-22(13-17-36)19-29(38)35-28-21-26(11-15-33-28)41-25-9-10-27-23(20-25)14-18-37(27)30(39)34-24-7-5-4-6-8-24/h4-11,14-15,18,20-22H,12-13,16-17,19H2,1-3H3,(H,34,39)(H,33,35,38). The van der Waals surface area contributed by atoms with Crippen LogP contribution in [0.15, 0.2) is 79.1 Å². The van der Waals surface area contributed by atoms with Gasteiger partial charge in [-0.1, -0.05) is 18.2 Å². The largest absolute Gasteiger partial charge is 0.457 e. The van der Waals surface area contributed by atoms with Crippen LogP contribution in [0, 0.1) is 5.92 Å². The predicted molar refractivity (Wildman–Crippen MR) is 161 cm³/mol. The molecule has 218 valence electrons. The molecule has 1 aliphatic heterocycles. The van der Waals surface area contributed by atoms with Crippen LogP contribution in [0.5, 0.6) is 11.5 Å². The molecule has 1 saturated heterocycles. The van der Waals surface area contributed by atoms with Crippen molar-refractivity contribution in [2.45, 2.75) is 45.6 Å². The summed E-state index contributed by atoms with van der Waals surface area (Å²) >= 11 is 0. The summed E-state index contributed by atoms with van der Waals surface area (Å²) in [6.45, 7) is 6.69. The third-order valence-electron chi connectivity index (χ3n) is 6.88. The van der Waals surface area contributed by atoms with Gasteiger partial charge in [0.25, 0.3) is 0 Å². The molecule has 3 amide bonds. The molecular formula is C32H35N5O5. The molecule has 2 N–H and O–H groups in total. The fraction of sp³-hybridized carbons (Fsp3) is 0.312. The van der Waals surface area contributed by atoms with Crippen molar-refractivity contribution in [1.82, 2.24) is 14.5 Å². The Balaban J connectivity index is 1.14. The van der Waals surface area contributed by atoms with Crippen molar-refractivity contribution in [1.29, 1.82) is 0 Å². The van der Waals surface area contributed by atoms with Crippen LogP contribution in [0.3, 0.4) is 0 Å². The Labute approximate surface area is 244 Å². The maximum atomic E-state index is 12.8. The van der Waals surface area contributed by atoms with Gasteiger partial charge in [0.2, 0.25) is 5.91 Å². The number of carbonyl (C=O) groups excluding carboxylic acids is 3. The number of likely N-dealkylation sites (tertiary alicyclic amines) is 1. The van der Waals surface area contributed by atoms with E-state index in [0.717, 1.165) is 23.7 Å². The smallest absolute Gasteiger partial charge is 0.410 e. The molecule has 2 aromatic carbocycles. The number of para-hydroxylation sites is 1. The second-order valence-corrected chi connectivity index (χ2v) is 11.3. The fourth-order valence-electron chi connectivity index (χ4n) is 4.85. The highest BCUT2D eigenvalue weighted by Gasteiger charge is 2.28. The summed E-state index contributed by atoms with van der Waals surface area (Å²) < 4.78 is 13.0. The van der Waals surface area contributed by atoms with Gasteiger partial charge in [0.15, 0.2) is 0 Å². The Morgan fingerprint density at radius 1 is 0.929 bits per heavy atom. The van der Waals surface area contributed by atoms with Crippen molar-refractivity contribution in [3.8, 4) is 11.5 Å². The van der Waals surface area contributed by atoms with Gasteiger partial charge in [-0.05, 0) is 82.0 Å². The SMILES string of the molecule is CC(C)(C)OC(=O)N1CCC(CC(=O)Nc2cc(Oc3ccc4c(ccn4C(=O)Nc4ccccc4)c3)ccn2)CC1. The van der Waals surface area contributed by atoms with Crippen LogP contribution in [0.1, 0.15) is 40.0 Å². The van der Waals surface area contributed by atoms with E-state index in [2.05, 4.69) is 15.6 Å². The molecule has 5 rings (SSSR count). The monoisotopic (exact) mass is 569 g/mol. The first kappa shape index (κ1) is 28.7. The molecule has 42 heavy (non-hydrogen) atoms. The zero-order chi connectivity index (χ0) is 29.7. The number of piperidine rings is 1. The van der Waals surface area contributed by atoms with Crippen molar-refractivity contribution >= 4 is 40.4 Å². The number of nitrogens with zero attached hydrogens (tertiary/aromatic N) is 3. The second kappa shape index (κ2) is 12.3. The Morgan fingerprint density at radius 3 is 2.40 bits per heavy atom. The number of aromatic nitrogens is 2. The fourth-order valence-corrected chi connectivity index (χ4v) is 4.85. The number of amides is 3. The summed E-state index contributed by atoms with van der Waals surface area (Å²) in [7, 11) is 0. The second-order valence-electron chi connectivity index (χ2n) is 11.3. The molecule has 0 radical (unpaired) electrons. The normalized spacial score (nSPS) is 13.9. The maximum absolute atomic E-state index is 12.8. The third-order valence-corrected chi connectivity index (χ3v) is 6.88. The van der Waals surface area contributed by atoms with Crippen molar-refractivity contribution < 1.29 is 23.9 Å². The molecule has 2 aromatic heterocycles. The van der Waals surface area contributed by atoms with E-state index in [0.29, 0.717) is 42.5 Å². The van der Waals surface area contributed by atoms with Gasteiger partial charge in [0.1, 0.15) is 22.9 Å². The Bertz CT molecular complexity index is 1570. The quantitative estimate of drug-likeness (QED) is 0.261. The van der Waals surface area contributed by atoms with Gasteiger partial charge in [0, 0.05) is 49.0 Å². The average Bonchev–Trinajstić information content (AvgIpc) is 3.37. The minimum atomic E-state index is -0.529. The molecule has 0 saturated carbocycles. The first-order chi connectivity index (χ1) is 20.1. The first-order valence-electron chi connectivity index (χ1n) is 14.0. The van der Waals surface area contributed by atoms with Gasteiger partial charge in [-0.3, -0.25) is 9.36 Å². The lowest BCUT2D eigenvalue weighted by Crippen LogP contribution is -2.42. The molecule has 1 fully saturated rings. The lowest BCUT2D eigenvalue weighted by Gasteiger charge is -2.33. The van der Waals surface area contributed by atoms with E-state index < -0.39 is 5.60 Å². The highest BCUT2D eigenvalue weighted by Crippen LogP contribution is 2.28. The van der Waals surface area contributed by atoms with Crippen LogP contribution >= 0.6 is 0 Å². The number of hydrogen-bond acceptors (Lipinski definition) is 6. The van der Waals surface area contributed by atoms with Gasteiger partial charge in [-0.15, -0.1) is 0 Å². The lowest BCUT2D eigenvalue weighted by molar-refractivity contribution is -0.117. The van der Waals surface area contributed by atoms with Gasteiger partial charge < -0.3 is 25.0 Å². The lowest BCUT2D eigenvalue weighted by atomic mass is 9.93. The van der Waals surface area contributed by atoms with Crippen LogP contribution in [-0.2, 0) is 9.53 Å². The summed E-state index contributed by atoms with van der Waals surface area (Å²) in [5, 5.41) is 6.59. The highest BCUT2D eigenvalue weighted by atomic mass is 16.6. The summed E-state index contributed by atoms with van der Waals surface area (Å²) in [5.74, 6) is 1.55. The number of nitrogens with one attached hydrogen (secondary N) is 2. The van der Waals surface area contributed by atoms with Crippen LogP contribution in [0.4, 0.5) is 21.1 Å². The number of hydrogen-bond donors (Lipinski definition) is 2. The molecule has 0 atom stereocenters. The average molecular weight is 570 g/mol. The summed E-state index contributed by atoms with van der Waals surface area (Å²) in [4.78, 5) is 43.8. The van der Waals surface area contributed by atoms with Gasteiger partial charge in [-0.25, -0.2) is 14.6 Å². The number of benzene rings is 2. The van der Waals surface area contributed by atoms with Crippen LogP contribution in [0.2, 0.25) is 0 Å². The molecule has 4 aromatic rings. The number of pyridine rings is 1. The summed E-state index contributed by atoms with van der Waals surface area (Å²) in [6, 6.07) is 19.7. The van der Waals surface area contributed by atoms with E-state index in [1.54, 1.807) is 40.1 Å². The van der Waals surface area contributed by atoms with E-state index >= 15 is 0 Å². The molecule has 10 heteroatoms. The minimum Gasteiger partial charge on any atom is -0.457 e. The van der Waals surface area contributed by atoms with Crippen LogP contribution in [0.25, 0.3) is 10.9 Å². The number of anilines is 2. The minimum absolute atomic E-state index is 0.132. The highest BCUT2D eigenvalue weighted by molar-refractivity contribution is 5.98. The topological polar surface area (TPSA) is 115 Å². The first-order valence-corrected chi connectivity index (χ1v) is 14.0. The van der Waals surface area contributed by atoms with E-state index in [9.17, 15) is 14.4 Å². The summed E-state index contributed by atoms with van der Waals surface area (Å²) in [5.41, 5.74) is 0.933. The Morgan fingerprint density at radius 2 is 1.67 bits per heavy atom. The van der Waals surface area contributed by atoms with Crippen molar-refractivity contribution in [2.24, 2.45) is 5.92 Å². The van der Waals surface area contributed by atoms with E-state index in [1.165, 1.54) is 0 Å². The van der Waals surface area contributed by atoms with Gasteiger partial charge >= 0.3 is 12.1 Å². The number of carbonyl (C=O) groups is 3. The zero-order valence-electron chi connectivity index (χ0n) is 24.0. The Hall–Kier alpha value is -4.86. The molecule has 3 heterocycles. The van der Waals surface area contributed by atoms with E-state index in [-0.39, 0.29) is 23.9 Å². The van der Waals surface area contributed by atoms with Gasteiger partial charge in [-0.2, -0.15) is 0 Å². The molecule has 0 aliphatic carbocycles. The van der Waals surface area contributed by atoms with Crippen molar-refractivity contribution in [3.63, 3.8) is 0 Å². The number of fused-ring (bicyclic) bond motifs is 1. The van der Waals surface area contributed by atoms with E-state index in [4.69, 9.17) is 9.47 Å². The van der Waals surface area contributed by atoms with Crippen molar-refractivity contribution in [3.05, 3.63) is 79.1 Å². The van der Waals surface area contributed by atoms with Crippen LogP contribution in [-0.4, -0.2) is 51.2 Å². The predicted octanol–water partition coefficient (Wildman–Crippen LogP) is 6.88. The molecular weight excluding hydrogens is 534 g/mol. The zero-order valence-corrected chi connectivity index (χ0v) is 24.0. The number of ether oxygens (including phenoxy) is 2. The van der Waals surface area contributed by atoms with E-state index in [1.807, 2.05) is 69.3 Å². The summed E-state index contributed by atoms with van der Waals surface area (Å²) in [6.07, 6.45) is 4.81. The molecule has 0 bridgehead atoms. The molecule has 10 nitrogen and oxygen atoms in total.